The second-order valence-electron chi connectivity index (χ2n) is 4.39. The highest BCUT2D eigenvalue weighted by Crippen LogP contribution is 2.25. The Labute approximate surface area is 105 Å². The van der Waals surface area contributed by atoms with E-state index in [4.69, 9.17) is 5.11 Å². The third kappa shape index (κ3) is 2.45. The molecule has 2 rings (SSSR count). The smallest absolute Gasteiger partial charge is 0.337 e. The number of hydrogen-bond donors (Lipinski definition) is 2. The molecule has 1 aliphatic heterocycles. The summed E-state index contributed by atoms with van der Waals surface area (Å²) in [4.78, 5) is 24.1. The van der Waals surface area contributed by atoms with Crippen LogP contribution in [0.1, 0.15) is 40.0 Å². The van der Waals surface area contributed by atoms with Crippen LogP contribution in [0.25, 0.3) is 0 Å². The van der Waals surface area contributed by atoms with Crippen molar-refractivity contribution in [2.45, 2.75) is 19.3 Å². The molecule has 0 atom stereocenters. The molecule has 1 fully saturated rings. The Hall–Kier alpha value is -2.04. The van der Waals surface area contributed by atoms with E-state index in [0.29, 0.717) is 5.69 Å². The number of benzene rings is 1. The number of carbonyl (C=O) groups is 2. The SMILES string of the molecule is O=C(O)c1ccc(N2CCCCC2)c(C(=O)O)c1. The van der Waals surface area contributed by atoms with E-state index >= 15 is 0 Å². The Morgan fingerprint density at radius 2 is 1.67 bits per heavy atom. The summed E-state index contributed by atoms with van der Waals surface area (Å²) in [5, 5.41) is 18.1. The predicted molar refractivity (Wildman–Crippen MR) is 66.4 cm³/mol. The lowest BCUT2D eigenvalue weighted by Gasteiger charge is -2.30. The normalized spacial score (nSPS) is 15.4. The first kappa shape index (κ1) is 12.4. The second-order valence-corrected chi connectivity index (χ2v) is 4.39. The highest BCUT2D eigenvalue weighted by atomic mass is 16.4. The average Bonchev–Trinajstić information content (AvgIpc) is 2.39. The molecule has 0 aliphatic carbocycles. The number of carboxylic acid groups (broad SMARTS) is 2. The van der Waals surface area contributed by atoms with Gasteiger partial charge in [-0.3, -0.25) is 0 Å². The minimum Gasteiger partial charge on any atom is -0.478 e. The maximum atomic E-state index is 11.2. The number of anilines is 1. The van der Waals surface area contributed by atoms with Gasteiger partial charge in [0.1, 0.15) is 0 Å². The van der Waals surface area contributed by atoms with E-state index in [9.17, 15) is 14.7 Å². The van der Waals surface area contributed by atoms with Gasteiger partial charge in [-0.05, 0) is 37.5 Å². The summed E-state index contributed by atoms with van der Waals surface area (Å²) in [6, 6.07) is 4.28. The highest BCUT2D eigenvalue weighted by molar-refractivity contribution is 5.98. The van der Waals surface area contributed by atoms with Crippen molar-refractivity contribution in [3.8, 4) is 0 Å². The monoisotopic (exact) mass is 249 g/mol. The molecule has 96 valence electrons. The van der Waals surface area contributed by atoms with Gasteiger partial charge in [0.25, 0.3) is 0 Å². The van der Waals surface area contributed by atoms with Crippen LogP contribution >= 0.6 is 0 Å². The minimum atomic E-state index is -1.11. The summed E-state index contributed by atoms with van der Waals surface area (Å²) in [6.45, 7) is 1.65. The quantitative estimate of drug-likeness (QED) is 0.857. The zero-order chi connectivity index (χ0) is 13.1. The molecule has 0 aromatic heterocycles. The molecule has 0 unspecified atom stereocenters. The van der Waals surface area contributed by atoms with Gasteiger partial charge in [-0.15, -0.1) is 0 Å². The van der Waals surface area contributed by atoms with Crippen LogP contribution in [0.4, 0.5) is 5.69 Å². The Balaban J connectivity index is 2.39. The largest absolute Gasteiger partial charge is 0.478 e. The van der Waals surface area contributed by atoms with Crippen LogP contribution in [-0.4, -0.2) is 35.2 Å². The molecular weight excluding hydrogens is 234 g/mol. The number of rotatable bonds is 3. The lowest BCUT2D eigenvalue weighted by molar-refractivity contribution is 0.0696. The summed E-state index contributed by atoms with van der Waals surface area (Å²) in [5.41, 5.74) is 0.692. The molecule has 5 heteroatoms. The fraction of sp³-hybridized carbons (Fsp3) is 0.385. The Bertz CT molecular complexity index is 478. The number of carboxylic acids is 2. The molecule has 18 heavy (non-hydrogen) atoms. The van der Waals surface area contributed by atoms with E-state index in [2.05, 4.69) is 0 Å². The third-order valence-corrected chi connectivity index (χ3v) is 3.17. The van der Waals surface area contributed by atoms with Crippen molar-refractivity contribution in [1.29, 1.82) is 0 Å². The van der Waals surface area contributed by atoms with E-state index in [-0.39, 0.29) is 11.1 Å². The van der Waals surface area contributed by atoms with Crippen LogP contribution < -0.4 is 4.90 Å². The zero-order valence-corrected chi connectivity index (χ0v) is 9.93. The van der Waals surface area contributed by atoms with Gasteiger partial charge in [-0.2, -0.15) is 0 Å². The van der Waals surface area contributed by atoms with Gasteiger partial charge in [0.15, 0.2) is 0 Å². The van der Waals surface area contributed by atoms with Crippen LogP contribution in [0.2, 0.25) is 0 Å². The number of piperidine rings is 1. The fourth-order valence-electron chi connectivity index (χ4n) is 2.25. The van der Waals surface area contributed by atoms with Crippen LogP contribution in [0.3, 0.4) is 0 Å². The molecule has 1 aliphatic rings. The van der Waals surface area contributed by atoms with Crippen molar-refractivity contribution in [1.82, 2.24) is 0 Å². The van der Waals surface area contributed by atoms with Crippen molar-refractivity contribution < 1.29 is 19.8 Å². The Morgan fingerprint density at radius 3 is 2.22 bits per heavy atom. The summed E-state index contributed by atoms with van der Waals surface area (Å²) >= 11 is 0. The molecule has 1 heterocycles. The van der Waals surface area contributed by atoms with Crippen LogP contribution in [0, 0.1) is 0 Å². The lowest BCUT2D eigenvalue weighted by atomic mass is 10.0. The molecule has 1 aromatic carbocycles. The van der Waals surface area contributed by atoms with E-state index in [1.807, 2.05) is 4.90 Å². The summed E-state index contributed by atoms with van der Waals surface area (Å²) < 4.78 is 0. The van der Waals surface area contributed by atoms with Crippen LogP contribution in [0.15, 0.2) is 18.2 Å². The van der Waals surface area contributed by atoms with E-state index in [1.54, 1.807) is 6.07 Å². The maximum absolute atomic E-state index is 11.2. The van der Waals surface area contributed by atoms with Gasteiger partial charge >= 0.3 is 11.9 Å². The molecule has 0 saturated carbocycles. The molecule has 0 spiro atoms. The summed E-state index contributed by atoms with van der Waals surface area (Å²) in [6.07, 6.45) is 3.24. The number of nitrogens with zero attached hydrogens (tertiary/aromatic N) is 1. The number of hydrogen-bond acceptors (Lipinski definition) is 3. The predicted octanol–water partition coefficient (Wildman–Crippen LogP) is 2.07. The van der Waals surface area contributed by atoms with Crippen molar-refractivity contribution in [3.63, 3.8) is 0 Å². The van der Waals surface area contributed by atoms with Gasteiger partial charge in [0.05, 0.1) is 16.8 Å². The second kappa shape index (κ2) is 5.08. The molecular formula is C13H15NO4. The third-order valence-electron chi connectivity index (χ3n) is 3.17. The van der Waals surface area contributed by atoms with Gasteiger partial charge < -0.3 is 15.1 Å². The Kier molecular flexibility index (Phi) is 3.50. The topological polar surface area (TPSA) is 77.8 Å². The van der Waals surface area contributed by atoms with Gasteiger partial charge in [0, 0.05) is 13.1 Å². The molecule has 0 radical (unpaired) electrons. The van der Waals surface area contributed by atoms with Crippen molar-refractivity contribution in [2.24, 2.45) is 0 Å². The fourth-order valence-corrected chi connectivity index (χ4v) is 2.25. The van der Waals surface area contributed by atoms with E-state index < -0.39 is 11.9 Å². The van der Waals surface area contributed by atoms with Crippen molar-refractivity contribution in [3.05, 3.63) is 29.3 Å². The first-order valence-electron chi connectivity index (χ1n) is 5.95. The molecule has 0 bridgehead atoms. The molecule has 1 saturated heterocycles. The number of aromatic carboxylic acids is 2. The van der Waals surface area contributed by atoms with E-state index in [0.717, 1.165) is 32.4 Å². The lowest BCUT2D eigenvalue weighted by Crippen LogP contribution is -2.30. The standard InChI is InChI=1S/C13H15NO4/c15-12(16)9-4-5-11(10(8-9)13(17)18)14-6-2-1-3-7-14/h4-5,8H,1-3,6-7H2,(H,15,16)(H,17,18). The first-order valence-corrected chi connectivity index (χ1v) is 5.95. The van der Waals surface area contributed by atoms with Gasteiger partial charge in [-0.25, -0.2) is 9.59 Å². The summed E-state index contributed by atoms with van der Waals surface area (Å²) in [5.74, 6) is -2.19. The highest BCUT2D eigenvalue weighted by Gasteiger charge is 2.19. The molecule has 1 aromatic rings. The molecule has 5 nitrogen and oxygen atoms in total. The van der Waals surface area contributed by atoms with Gasteiger partial charge in [0.2, 0.25) is 0 Å². The van der Waals surface area contributed by atoms with Crippen LogP contribution in [0.5, 0.6) is 0 Å². The summed E-state index contributed by atoms with van der Waals surface area (Å²) in [7, 11) is 0. The van der Waals surface area contributed by atoms with Crippen molar-refractivity contribution in [2.75, 3.05) is 18.0 Å². The van der Waals surface area contributed by atoms with Gasteiger partial charge in [-0.1, -0.05) is 0 Å². The van der Waals surface area contributed by atoms with Crippen LogP contribution in [-0.2, 0) is 0 Å². The first-order chi connectivity index (χ1) is 8.59. The Morgan fingerprint density at radius 1 is 1.00 bits per heavy atom. The molecule has 2 N–H and O–H groups in total. The average molecular weight is 249 g/mol. The maximum Gasteiger partial charge on any atom is 0.337 e. The van der Waals surface area contributed by atoms with E-state index in [1.165, 1.54) is 12.1 Å². The van der Waals surface area contributed by atoms with Crippen molar-refractivity contribution >= 4 is 17.6 Å². The minimum absolute atomic E-state index is 0.00756. The zero-order valence-electron chi connectivity index (χ0n) is 9.93. The molecule has 0 amide bonds.